The molecule has 0 saturated heterocycles. The third-order valence-corrected chi connectivity index (χ3v) is 7.34. The molecule has 0 spiro atoms. The van der Waals surface area contributed by atoms with Crippen LogP contribution in [0.1, 0.15) is 47.5 Å². The van der Waals surface area contributed by atoms with Crippen LogP contribution in [0.4, 0.5) is 0 Å². The molecule has 2 rings (SSSR count). The Labute approximate surface area is 167 Å². The molecule has 0 aliphatic rings. The zero-order valence-electron chi connectivity index (χ0n) is 17.5. The predicted molar refractivity (Wildman–Crippen MR) is 110 cm³/mol. The van der Waals surface area contributed by atoms with Crippen LogP contribution in [0.15, 0.2) is 24.4 Å². The van der Waals surface area contributed by atoms with E-state index in [1.807, 2.05) is 19.9 Å². The molecular formula is C21H30NO5P. The summed E-state index contributed by atoms with van der Waals surface area (Å²) in [4.78, 5) is 4.51. The molecule has 0 bridgehead atoms. The van der Waals surface area contributed by atoms with Crippen molar-refractivity contribution in [2.75, 3.05) is 20.3 Å². The summed E-state index contributed by atoms with van der Waals surface area (Å²) in [6.07, 6.45) is 2.14. The first-order chi connectivity index (χ1) is 13.3. The van der Waals surface area contributed by atoms with Crippen molar-refractivity contribution in [2.45, 2.75) is 46.7 Å². The topological polar surface area (TPSA) is 77.9 Å². The maximum atomic E-state index is 13.7. The van der Waals surface area contributed by atoms with E-state index in [9.17, 15) is 9.67 Å². The van der Waals surface area contributed by atoms with Crippen molar-refractivity contribution in [2.24, 2.45) is 0 Å². The lowest BCUT2D eigenvalue weighted by Gasteiger charge is -2.28. The summed E-state index contributed by atoms with van der Waals surface area (Å²) in [5.74, 6) is 0.394. The Morgan fingerprint density at radius 3 is 2.32 bits per heavy atom. The fourth-order valence-electron chi connectivity index (χ4n) is 3.19. The molecule has 0 saturated carbocycles. The van der Waals surface area contributed by atoms with Crippen LogP contribution in [0.25, 0.3) is 0 Å². The minimum Gasteiger partial charge on any atom is -0.504 e. The van der Waals surface area contributed by atoms with Crippen LogP contribution in [0, 0.1) is 20.8 Å². The van der Waals surface area contributed by atoms with E-state index < -0.39 is 13.3 Å². The Morgan fingerprint density at radius 2 is 1.75 bits per heavy atom. The van der Waals surface area contributed by atoms with Gasteiger partial charge in [-0.15, -0.1) is 0 Å². The Hall–Kier alpha value is -1.88. The highest BCUT2D eigenvalue weighted by molar-refractivity contribution is 7.54. The number of phenols is 1. The minimum atomic E-state index is -3.49. The average molecular weight is 407 g/mol. The first-order valence-electron chi connectivity index (χ1n) is 9.44. The maximum absolute atomic E-state index is 13.7. The Kier molecular flexibility index (Phi) is 7.64. The monoisotopic (exact) mass is 407 g/mol. The van der Waals surface area contributed by atoms with Gasteiger partial charge in [-0.3, -0.25) is 9.55 Å². The van der Waals surface area contributed by atoms with Crippen LogP contribution >= 0.6 is 7.60 Å². The van der Waals surface area contributed by atoms with Crippen molar-refractivity contribution in [1.82, 2.24) is 4.98 Å². The van der Waals surface area contributed by atoms with E-state index in [2.05, 4.69) is 4.98 Å². The number of aromatic hydroxyl groups is 1. The fourth-order valence-corrected chi connectivity index (χ4v) is 5.25. The van der Waals surface area contributed by atoms with Gasteiger partial charge in [0.05, 0.1) is 26.0 Å². The van der Waals surface area contributed by atoms with Gasteiger partial charge >= 0.3 is 7.60 Å². The number of aryl methyl sites for hydroxylation is 2. The van der Waals surface area contributed by atoms with Gasteiger partial charge < -0.3 is 18.9 Å². The molecule has 1 atom stereocenters. The number of benzene rings is 1. The number of ether oxygens (including phenoxy) is 1. The molecule has 1 heterocycles. The van der Waals surface area contributed by atoms with E-state index in [4.69, 9.17) is 13.8 Å². The van der Waals surface area contributed by atoms with Crippen molar-refractivity contribution in [3.8, 4) is 11.5 Å². The number of hydrogen-bond donors (Lipinski definition) is 1. The second-order valence-corrected chi connectivity index (χ2v) is 8.90. The Bertz CT molecular complexity index is 858. The number of hydrogen-bond acceptors (Lipinski definition) is 6. The predicted octanol–water partition coefficient (Wildman–Crippen LogP) is 5.27. The Morgan fingerprint density at radius 1 is 1.11 bits per heavy atom. The van der Waals surface area contributed by atoms with Gasteiger partial charge in [0.25, 0.3) is 0 Å². The molecule has 0 radical (unpaired) electrons. The average Bonchev–Trinajstić information content (AvgIpc) is 2.65. The van der Waals surface area contributed by atoms with Gasteiger partial charge in [-0.2, -0.15) is 0 Å². The van der Waals surface area contributed by atoms with Gasteiger partial charge in [0, 0.05) is 18.3 Å². The molecule has 1 aromatic carbocycles. The van der Waals surface area contributed by atoms with E-state index in [1.54, 1.807) is 39.1 Å². The first kappa shape index (κ1) is 22.4. The van der Waals surface area contributed by atoms with E-state index in [-0.39, 0.29) is 19.0 Å². The summed E-state index contributed by atoms with van der Waals surface area (Å²) in [7, 11) is -2.00. The zero-order chi connectivity index (χ0) is 20.9. The lowest BCUT2D eigenvalue weighted by molar-refractivity contribution is 0.211. The van der Waals surface area contributed by atoms with Gasteiger partial charge in [-0.1, -0.05) is 6.07 Å². The van der Waals surface area contributed by atoms with Gasteiger partial charge in [-0.25, -0.2) is 0 Å². The van der Waals surface area contributed by atoms with Crippen molar-refractivity contribution in [3.05, 3.63) is 52.3 Å². The molecule has 28 heavy (non-hydrogen) atoms. The fraction of sp³-hybridized carbons (Fsp3) is 0.476. The summed E-state index contributed by atoms with van der Waals surface area (Å²) in [6.45, 7) is 9.92. The lowest BCUT2D eigenvalue weighted by atomic mass is 10.0. The van der Waals surface area contributed by atoms with Crippen LogP contribution in [-0.4, -0.2) is 30.4 Å². The third-order valence-electron chi connectivity index (χ3n) is 4.86. The third kappa shape index (κ3) is 4.75. The molecule has 1 aromatic heterocycles. The van der Waals surface area contributed by atoms with Crippen LogP contribution < -0.4 is 4.74 Å². The molecule has 0 aliphatic heterocycles. The van der Waals surface area contributed by atoms with Crippen LogP contribution in [0.2, 0.25) is 0 Å². The van der Waals surface area contributed by atoms with Gasteiger partial charge in [0.2, 0.25) is 0 Å². The molecule has 1 unspecified atom stereocenters. The molecule has 2 aromatic rings. The molecule has 0 fully saturated rings. The van der Waals surface area contributed by atoms with E-state index in [1.165, 1.54) is 7.11 Å². The second kappa shape index (κ2) is 9.55. The maximum Gasteiger partial charge on any atom is 0.338 e. The van der Waals surface area contributed by atoms with Gasteiger partial charge in [-0.05, 0) is 69.0 Å². The van der Waals surface area contributed by atoms with E-state index >= 15 is 0 Å². The van der Waals surface area contributed by atoms with Crippen molar-refractivity contribution < 1.29 is 23.5 Å². The summed E-state index contributed by atoms with van der Waals surface area (Å²) >= 11 is 0. The summed E-state index contributed by atoms with van der Waals surface area (Å²) in [5.41, 5.74) is 3.79. The van der Waals surface area contributed by atoms with Crippen molar-refractivity contribution in [1.29, 1.82) is 0 Å². The van der Waals surface area contributed by atoms with Crippen LogP contribution in [0.5, 0.6) is 11.5 Å². The highest BCUT2D eigenvalue weighted by Crippen LogP contribution is 2.62. The van der Waals surface area contributed by atoms with Crippen LogP contribution in [0.3, 0.4) is 0 Å². The smallest absolute Gasteiger partial charge is 0.338 e. The number of phenolic OH excluding ortho intramolecular Hbond substituents is 1. The molecular weight excluding hydrogens is 377 g/mol. The summed E-state index contributed by atoms with van der Waals surface area (Å²) < 4.78 is 30.4. The van der Waals surface area contributed by atoms with Gasteiger partial charge in [0.1, 0.15) is 0 Å². The number of pyridine rings is 1. The molecule has 1 N–H and O–H groups in total. The highest BCUT2D eigenvalue weighted by Gasteiger charge is 2.38. The minimum absolute atomic E-state index is 0.0671. The van der Waals surface area contributed by atoms with E-state index in [0.29, 0.717) is 17.7 Å². The second-order valence-electron chi connectivity index (χ2n) is 6.68. The molecule has 7 heteroatoms. The number of nitrogens with zero attached hydrogens (tertiary/aromatic N) is 1. The Balaban J connectivity index is 2.63. The van der Waals surface area contributed by atoms with Crippen molar-refractivity contribution >= 4 is 7.60 Å². The summed E-state index contributed by atoms with van der Waals surface area (Å²) in [5, 5.41) is 10.2. The molecule has 0 amide bonds. The molecule has 6 nitrogen and oxygen atoms in total. The normalized spacial score (nSPS) is 12.8. The van der Waals surface area contributed by atoms with E-state index in [0.717, 1.165) is 22.4 Å². The van der Waals surface area contributed by atoms with Crippen LogP contribution in [-0.2, 0) is 20.0 Å². The molecule has 0 aliphatic carbocycles. The molecule has 154 valence electrons. The lowest BCUT2D eigenvalue weighted by Crippen LogP contribution is -2.12. The number of aromatic nitrogens is 1. The SMILES string of the molecule is CCOP(=O)(OCC)C(Cc1nccc(C)c1C)c1cc(C)c(O)c(OC)c1. The first-order valence-corrected chi connectivity index (χ1v) is 11.1. The zero-order valence-corrected chi connectivity index (χ0v) is 18.4. The van der Waals surface area contributed by atoms with Gasteiger partial charge in [0.15, 0.2) is 11.5 Å². The number of rotatable bonds is 9. The highest BCUT2D eigenvalue weighted by atomic mass is 31.2. The summed E-state index contributed by atoms with van der Waals surface area (Å²) in [6, 6.07) is 5.45. The largest absolute Gasteiger partial charge is 0.504 e. The standard InChI is InChI=1S/C21H30NO5P/c1-7-26-28(24,27-8-2)20(13-18-16(5)14(3)9-10-22-18)17-11-15(4)21(23)19(12-17)25-6/h9-12,20,23H,7-8,13H2,1-6H3. The van der Waals surface area contributed by atoms with Crippen molar-refractivity contribution in [3.63, 3.8) is 0 Å². The quantitative estimate of drug-likeness (QED) is 0.571. The number of methoxy groups -OCH3 is 1.